The molecule has 0 radical (unpaired) electrons. The SMILES string of the molecule is O=C(NCc1ccccn1)[C@H]1CNCCN1C(=O)c1cccnn1. The lowest BCUT2D eigenvalue weighted by molar-refractivity contribution is -0.126. The minimum Gasteiger partial charge on any atom is -0.349 e. The van der Waals surface area contributed by atoms with Crippen molar-refractivity contribution < 1.29 is 9.59 Å². The molecule has 3 heterocycles. The molecule has 1 atom stereocenters. The number of nitrogens with zero attached hydrogens (tertiary/aromatic N) is 4. The largest absolute Gasteiger partial charge is 0.349 e. The number of nitrogens with one attached hydrogen (secondary N) is 2. The average Bonchev–Trinajstić information content (AvgIpc) is 2.67. The smallest absolute Gasteiger partial charge is 0.275 e. The van der Waals surface area contributed by atoms with E-state index in [-0.39, 0.29) is 17.5 Å². The zero-order chi connectivity index (χ0) is 16.8. The Labute approximate surface area is 139 Å². The van der Waals surface area contributed by atoms with E-state index in [0.717, 1.165) is 5.69 Å². The first-order valence-electron chi connectivity index (χ1n) is 7.73. The van der Waals surface area contributed by atoms with Crippen LogP contribution >= 0.6 is 0 Å². The predicted octanol–water partition coefficient (Wildman–Crippen LogP) is -0.398. The Morgan fingerprint density at radius 1 is 1.25 bits per heavy atom. The Hall–Kier alpha value is -2.87. The van der Waals surface area contributed by atoms with E-state index in [1.165, 1.54) is 11.1 Å². The van der Waals surface area contributed by atoms with Crippen LogP contribution in [0.1, 0.15) is 16.2 Å². The summed E-state index contributed by atoms with van der Waals surface area (Å²) in [4.78, 5) is 30.8. The van der Waals surface area contributed by atoms with Crippen molar-refractivity contribution in [1.82, 2.24) is 30.7 Å². The van der Waals surface area contributed by atoms with Crippen LogP contribution in [0, 0.1) is 0 Å². The summed E-state index contributed by atoms with van der Waals surface area (Å²) in [6.07, 6.45) is 3.18. The molecule has 1 aliphatic rings. The molecule has 0 aliphatic carbocycles. The van der Waals surface area contributed by atoms with E-state index >= 15 is 0 Å². The van der Waals surface area contributed by atoms with Crippen molar-refractivity contribution in [1.29, 1.82) is 0 Å². The quantitative estimate of drug-likeness (QED) is 0.793. The summed E-state index contributed by atoms with van der Waals surface area (Å²) in [6.45, 7) is 1.80. The molecule has 2 amide bonds. The molecule has 1 fully saturated rings. The highest BCUT2D eigenvalue weighted by Gasteiger charge is 2.33. The second-order valence-electron chi connectivity index (χ2n) is 5.37. The van der Waals surface area contributed by atoms with Gasteiger partial charge in [0.25, 0.3) is 5.91 Å². The molecule has 3 rings (SSSR count). The van der Waals surface area contributed by atoms with Crippen LogP contribution in [0.3, 0.4) is 0 Å². The zero-order valence-corrected chi connectivity index (χ0v) is 13.1. The molecule has 0 aromatic carbocycles. The number of carbonyl (C=O) groups is 2. The first kappa shape index (κ1) is 16.0. The van der Waals surface area contributed by atoms with Gasteiger partial charge >= 0.3 is 0 Å². The van der Waals surface area contributed by atoms with E-state index in [2.05, 4.69) is 25.8 Å². The van der Waals surface area contributed by atoms with E-state index in [0.29, 0.717) is 26.2 Å². The van der Waals surface area contributed by atoms with Crippen molar-refractivity contribution in [3.8, 4) is 0 Å². The highest BCUT2D eigenvalue weighted by Crippen LogP contribution is 2.09. The van der Waals surface area contributed by atoms with E-state index in [9.17, 15) is 9.59 Å². The van der Waals surface area contributed by atoms with Crippen LogP contribution in [-0.4, -0.2) is 57.6 Å². The third-order valence-electron chi connectivity index (χ3n) is 3.77. The standard InChI is InChI=1S/C16H18N6O2/c23-15(19-10-12-4-1-2-6-18-12)14-11-17-8-9-22(14)16(24)13-5-3-7-20-21-13/h1-7,14,17H,8-11H2,(H,19,23)/t14-/m1/s1. The van der Waals surface area contributed by atoms with E-state index in [1.54, 1.807) is 18.3 Å². The maximum atomic E-state index is 12.6. The van der Waals surface area contributed by atoms with E-state index < -0.39 is 6.04 Å². The Kier molecular flexibility index (Phi) is 5.07. The number of rotatable bonds is 4. The van der Waals surface area contributed by atoms with Crippen molar-refractivity contribution in [3.63, 3.8) is 0 Å². The van der Waals surface area contributed by atoms with Crippen LogP contribution < -0.4 is 10.6 Å². The van der Waals surface area contributed by atoms with Crippen LogP contribution in [0.4, 0.5) is 0 Å². The highest BCUT2D eigenvalue weighted by atomic mass is 16.2. The molecule has 124 valence electrons. The Morgan fingerprint density at radius 3 is 2.92 bits per heavy atom. The van der Waals surface area contributed by atoms with Gasteiger partial charge in [0, 0.05) is 32.0 Å². The maximum Gasteiger partial charge on any atom is 0.275 e. The lowest BCUT2D eigenvalue weighted by atomic mass is 10.1. The Morgan fingerprint density at radius 2 is 2.17 bits per heavy atom. The van der Waals surface area contributed by atoms with Crippen LogP contribution in [0.15, 0.2) is 42.7 Å². The first-order chi connectivity index (χ1) is 11.8. The van der Waals surface area contributed by atoms with Gasteiger partial charge in [-0.3, -0.25) is 14.6 Å². The number of amides is 2. The molecule has 1 saturated heterocycles. The molecule has 2 aromatic rings. The fraction of sp³-hybridized carbons (Fsp3) is 0.312. The predicted molar refractivity (Wildman–Crippen MR) is 85.8 cm³/mol. The van der Waals surface area contributed by atoms with Crippen molar-refractivity contribution >= 4 is 11.8 Å². The minimum atomic E-state index is -0.586. The van der Waals surface area contributed by atoms with Crippen LogP contribution in [0.2, 0.25) is 0 Å². The minimum absolute atomic E-state index is 0.218. The van der Waals surface area contributed by atoms with Gasteiger partial charge in [0.15, 0.2) is 5.69 Å². The molecule has 24 heavy (non-hydrogen) atoms. The average molecular weight is 326 g/mol. The summed E-state index contributed by atoms with van der Waals surface area (Å²) < 4.78 is 0. The van der Waals surface area contributed by atoms with Gasteiger partial charge in [-0.15, -0.1) is 5.10 Å². The van der Waals surface area contributed by atoms with Crippen molar-refractivity contribution in [2.75, 3.05) is 19.6 Å². The van der Waals surface area contributed by atoms with Crippen molar-refractivity contribution in [3.05, 3.63) is 54.1 Å². The van der Waals surface area contributed by atoms with Crippen LogP contribution in [0.25, 0.3) is 0 Å². The maximum absolute atomic E-state index is 12.6. The van der Waals surface area contributed by atoms with Crippen LogP contribution in [0.5, 0.6) is 0 Å². The lowest BCUT2D eigenvalue weighted by Crippen LogP contribution is -2.59. The summed E-state index contributed by atoms with van der Waals surface area (Å²) >= 11 is 0. The van der Waals surface area contributed by atoms with E-state index in [4.69, 9.17) is 0 Å². The third-order valence-corrected chi connectivity index (χ3v) is 3.77. The van der Waals surface area contributed by atoms with Crippen LogP contribution in [-0.2, 0) is 11.3 Å². The fourth-order valence-corrected chi connectivity index (χ4v) is 2.54. The highest BCUT2D eigenvalue weighted by molar-refractivity contribution is 5.96. The molecule has 0 unspecified atom stereocenters. The number of piperazine rings is 1. The summed E-state index contributed by atoms with van der Waals surface area (Å²) in [5.74, 6) is -0.507. The molecule has 0 saturated carbocycles. The van der Waals surface area contributed by atoms with Gasteiger partial charge in [-0.05, 0) is 24.3 Å². The molecule has 2 aromatic heterocycles. The van der Waals surface area contributed by atoms with Gasteiger partial charge in [0.1, 0.15) is 6.04 Å². The van der Waals surface area contributed by atoms with Gasteiger partial charge in [0.05, 0.1) is 12.2 Å². The second-order valence-corrected chi connectivity index (χ2v) is 5.37. The van der Waals surface area contributed by atoms with Gasteiger partial charge < -0.3 is 15.5 Å². The molecular weight excluding hydrogens is 308 g/mol. The molecule has 0 spiro atoms. The summed E-state index contributed by atoms with van der Waals surface area (Å²) in [7, 11) is 0. The second kappa shape index (κ2) is 7.60. The number of aromatic nitrogens is 3. The molecule has 8 nitrogen and oxygen atoms in total. The Balaban J connectivity index is 1.67. The number of hydrogen-bond acceptors (Lipinski definition) is 6. The number of pyridine rings is 1. The van der Waals surface area contributed by atoms with E-state index in [1.807, 2.05) is 18.2 Å². The normalized spacial score (nSPS) is 17.3. The fourth-order valence-electron chi connectivity index (χ4n) is 2.54. The molecule has 1 aliphatic heterocycles. The summed E-state index contributed by atoms with van der Waals surface area (Å²) in [5, 5.41) is 13.5. The third kappa shape index (κ3) is 3.72. The van der Waals surface area contributed by atoms with Gasteiger partial charge in [-0.1, -0.05) is 6.07 Å². The number of hydrogen-bond donors (Lipinski definition) is 2. The van der Waals surface area contributed by atoms with Crippen molar-refractivity contribution in [2.24, 2.45) is 0 Å². The summed E-state index contributed by atoms with van der Waals surface area (Å²) in [6, 6.07) is 8.18. The zero-order valence-electron chi connectivity index (χ0n) is 13.1. The van der Waals surface area contributed by atoms with Crippen molar-refractivity contribution in [2.45, 2.75) is 12.6 Å². The van der Waals surface area contributed by atoms with Gasteiger partial charge in [-0.2, -0.15) is 5.10 Å². The van der Waals surface area contributed by atoms with Gasteiger partial charge in [0.2, 0.25) is 5.91 Å². The first-order valence-corrected chi connectivity index (χ1v) is 7.73. The number of carbonyl (C=O) groups excluding carboxylic acids is 2. The molecule has 2 N–H and O–H groups in total. The lowest BCUT2D eigenvalue weighted by Gasteiger charge is -2.34. The monoisotopic (exact) mass is 326 g/mol. The molecule has 8 heteroatoms. The summed E-state index contributed by atoms with van der Waals surface area (Å²) in [5.41, 5.74) is 1.00. The topological polar surface area (TPSA) is 100 Å². The Bertz CT molecular complexity index is 694. The molecule has 0 bridgehead atoms. The molecular formula is C16H18N6O2. The van der Waals surface area contributed by atoms with Gasteiger partial charge in [-0.25, -0.2) is 0 Å².